The fourth-order valence-corrected chi connectivity index (χ4v) is 2.46. The van der Waals surface area contributed by atoms with Crippen LogP contribution in [0, 0.1) is 11.5 Å². The summed E-state index contributed by atoms with van der Waals surface area (Å²) in [6.07, 6.45) is 5.04. The highest BCUT2D eigenvalue weighted by Crippen LogP contribution is 2.21. The van der Waals surface area contributed by atoms with Crippen LogP contribution in [0.5, 0.6) is 0 Å². The van der Waals surface area contributed by atoms with Gasteiger partial charge in [0.25, 0.3) is 0 Å². The summed E-state index contributed by atoms with van der Waals surface area (Å²) in [5.74, 6) is 0.304. The van der Waals surface area contributed by atoms with Crippen LogP contribution in [0.3, 0.4) is 0 Å². The lowest BCUT2D eigenvalue weighted by Crippen LogP contribution is -2.37. The largest absolute Gasteiger partial charge is 0.308 e. The number of rotatable bonds is 2. The van der Waals surface area contributed by atoms with Crippen molar-refractivity contribution in [2.75, 3.05) is 11.9 Å². The Hall–Kier alpha value is -2.68. The van der Waals surface area contributed by atoms with Crippen LogP contribution in [-0.2, 0) is 4.79 Å². The first-order valence-electron chi connectivity index (χ1n) is 6.46. The van der Waals surface area contributed by atoms with Crippen LogP contribution in [0.15, 0.2) is 30.6 Å². The van der Waals surface area contributed by atoms with E-state index in [1.807, 2.05) is 24.3 Å². The van der Waals surface area contributed by atoms with E-state index in [1.165, 1.54) is 11.2 Å². The molecule has 1 aromatic carbocycles. The van der Waals surface area contributed by atoms with Gasteiger partial charge in [0.1, 0.15) is 18.2 Å². The summed E-state index contributed by atoms with van der Waals surface area (Å²) in [7, 11) is 0. The number of carbonyl (C=O) groups excluding carboxylic acids is 1. The second kappa shape index (κ2) is 5.13. The van der Waals surface area contributed by atoms with Gasteiger partial charge in [0.05, 0.1) is 5.52 Å². The van der Waals surface area contributed by atoms with Crippen LogP contribution in [0.4, 0.5) is 5.82 Å². The Morgan fingerprint density at radius 2 is 2.25 bits per heavy atom. The number of nitrogens with zero attached hydrogens (tertiary/aromatic N) is 4. The normalized spacial score (nSPS) is 17.9. The maximum absolute atomic E-state index is 12.3. The summed E-state index contributed by atoms with van der Waals surface area (Å²) >= 11 is 0. The van der Waals surface area contributed by atoms with Crippen molar-refractivity contribution in [3.63, 3.8) is 0 Å². The maximum atomic E-state index is 12.3. The van der Waals surface area contributed by atoms with Gasteiger partial charge in [0.2, 0.25) is 5.91 Å². The Bertz CT molecular complexity index is 688. The van der Waals surface area contributed by atoms with Crippen LogP contribution in [-0.4, -0.2) is 33.4 Å². The molecule has 6 nitrogen and oxygen atoms in total. The van der Waals surface area contributed by atoms with Crippen molar-refractivity contribution in [1.29, 1.82) is 5.26 Å². The highest BCUT2D eigenvalue weighted by Gasteiger charge is 2.30. The van der Waals surface area contributed by atoms with Crippen molar-refractivity contribution in [3.05, 3.63) is 30.6 Å². The number of nitrogens with one attached hydrogen (secondary N) is 1. The second-order valence-corrected chi connectivity index (χ2v) is 4.68. The summed E-state index contributed by atoms with van der Waals surface area (Å²) in [4.78, 5) is 22.1. The highest BCUT2D eigenvalue weighted by molar-refractivity contribution is 6.01. The van der Waals surface area contributed by atoms with Gasteiger partial charge < -0.3 is 5.32 Å². The monoisotopic (exact) mass is 267 g/mol. The molecular formula is C14H13N5O. The van der Waals surface area contributed by atoms with Crippen LogP contribution >= 0.6 is 0 Å². The van der Waals surface area contributed by atoms with Crippen molar-refractivity contribution in [2.45, 2.75) is 18.9 Å². The molecule has 0 saturated carbocycles. The molecule has 1 atom stereocenters. The number of likely N-dealkylation sites (tertiary alicyclic amines) is 1. The Morgan fingerprint density at radius 1 is 1.40 bits per heavy atom. The molecule has 1 aromatic heterocycles. The Kier molecular flexibility index (Phi) is 3.17. The lowest BCUT2D eigenvalue weighted by molar-refractivity contribution is -0.119. The van der Waals surface area contributed by atoms with E-state index in [0.717, 1.165) is 17.3 Å². The first-order chi connectivity index (χ1) is 9.79. The molecule has 3 rings (SSSR count). The van der Waals surface area contributed by atoms with E-state index < -0.39 is 6.04 Å². The SMILES string of the molecule is N#CN1CCC[C@@H]1C(=O)Nc1ncnc2ccccc12. The minimum absolute atomic E-state index is 0.187. The molecular weight excluding hydrogens is 254 g/mol. The molecule has 0 radical (unpaired) electrons. The molecule has 1 aliphatic heterocycles. The molecule has 0 bridgehead atoms. The fourth-order valence-electron chi connectivity index (χ4n) is 2.46. The number of amides is 1. The molecule has 100 valence electrons. The number of nitriles is 1. The van der Waals surface area contributed by atoms with Gasteiger partial charge in [-0.1, -0.05) is 12.1 Å². The highest BCUT2D eigenvalue weighted by atomic mass is 16.2. The molecule has 2 aromatic rings. The number of hydrogen-bond acceptors (Lipinski definition) is 5. The van der Waals surface area contributed by atoms with Crippen molar-refractivity contribution < 1.29 is 4.79 Å². The minimum Gasteiger partial charge on any atom is -0.308 e. The van der Waals surface area contributed by atoms with E-state index in [1.54, 1.807) is 0 Å². The molecule has 0 aliphatic carbocycles. The third-order valence-electron chi connectivity index (χ3n) is 3.47. The Balaban J connectivity index is 1.86. The summed E-state index contributed by atoms with van der Waals surface area (Å²) < 4.78 is 0. The van der Waals surface area contributed by atoms with Gasteiger partial charge >= 0.3 is 0 Å². The number of benzene rings is 1. The Labute approximate surface area is 116 Å². The van der Waals surface area contributed by atoms with Gasteiger partial charge in [-0.15, -0.1) is 0 Å². The second-order valence-electron chi connectivity index (χ2n) is 4.68. The minimum atomic E-state index is -0.395. The molecule has 1 saturated heterocycles. The predicted octanol–water partition coefficient (Wildman–Crippen LogP) is 1.51. The number of para-hydroxylation sites is 1. The molecule has 6 heteroatoms. The fraction of sp³-hybridized carbons (Fsp3) is 0.286. The van der Waals surface area contributed by atoms with E-state index in [-0.39, 0.29) is 5.91 Å². The number of aromatic nitrogens is 2. The molecule has 2 heterocycles. The van der Waals surface area contributed by atoms with E-state index in [9.17, 15) is 4.79 Å². The summed E-state index contributed by atoms with van der Waals surface area (Å²) in [6.45, 7) is 0.638. The Morgan fingerprint density at radius 3 is 3.10 bits per heavy atom. The van der Waals surface area contributed by atoms with E-state index in [2.05, 4.69) is 21.5 Å². The van der Waals surface area contributed by atoms with Gasteiger partial charge in [-0.3, -0.25) is 9.69 Å². The quantitative estimate of drug-likeness (QED) is 0.834. The molecule has 1 aliphatic rings. The number of fused-ring (bicyclic) bond motifs is 1. The van der Waals surface area contributed by atoms with Crippen molar-refractivity contribution >= 4 is 22.6 Å². The van der Waals surface area contributed by atoms with E-state index in [0.29, 0.717) is 18.8 Å². The number of carbonyl (C=O) groups is 1. The first-order valence-corrected chi connectivity index (χ1v) is 6.46. The summed E-state index contributed by atoms with van der Waals surface area (Å²) in [6, 6.07) is 7.09. The lowest BCUT2D eigenvalue weighted by Gasteiger charge is -2.17. The summed E-state index contributed by atoms with van der Waals surface area (Å²) in [5, 5.41) is 12.6. The topological polar surface area (TPSA) is 81.9 Å². The third kappa shape index (κ3) is 2.14. The molecule has 20 heavy (non-hydrogen) atoms. The standard InChI is InChI=1S/C14H13N5O/c15-8-19-7-3-6-12(19)14(20)18-13-10-4-1-2-5-11(10)16-9-17-13/h1-2,4-5,9,12H,3,6-7H2,(H,16,17,18,20)/t12-/m1/s1. The number of hydrogen-bond donors (Lipinski definition) is 1. The average molecular weight is 267 g/mol. The molecule has 1 fully saturated rings. The van der Waals surface area contributed by atoms with Crippen molar-refractivity contribution in [1.82, 2.24) is 14.9 Å². The lowest BCUT2D eigenvalue weighted by atomic mass is 10.2. The zero-order chi connectivity index (χ0) is 13.9. The van der Waals surface area contributed by atoms with Gasteiger partial charge in [-0.2, -0.15) is 5.26 Å². The van der Waals surface area contributed by atoms with Crippen LogP contribution in [0.25, 0.3) is 10.9 Å². The first kappa shape index (κ1) is 12.4. The van der Waals surface area contributed by atoms with Gasteiger partial charge in [-0.25, -0.2) is 9.97 Å². The van der Waals surface area contributed by atoms with Crippen molar-refractivity contribution in [2.24, 2.45) is 0 Å². The van der Waals surface area contributed by atoms with Gasteiger partial charge in [0.15, 0.2) is 6.19 Å². The summed E-state index contributed by atoms with van der Waals surface area (Å²) in [5.41, 5.74) is 0.779. The zero-order valence-corrected chi connectivity index (χ0v) is 10.8. The molecule has 0 unspecified atom stereocenters. The van der Waals surface area contributed by atoms with Crippen LogP contribution in [0.2, 0.25) is 0 Å². The predicted molar refractivity (Wildman–Crippen MR) is 73.5 cm³/mol. The van der Waals surface area contributed by atoms with Crippen molar-refractivity contribution in [3.8, 4) is 6.19 Å². The number of anilines is 1. The zero-order valence-electron chi connectivity index (χ0n) is 10.8. The van der Waals surface area contributed by atoms with E-state index >= 15 is 0 Å². The molecule has 1 amide bonds. The van der Waals surface area contributed by atoms with Gasteiger partial charge in [-0.05, 0) is 25.0 Å². The van der Waals surface area contributed by atoms with Crippen LogP contribution < -0.4 is 5.32 Å². The van der Waals surface area contributed by atoms with Crippen LogP contribution in [0.1, 0.15) is 12.8 Å². The maximum Gasteiger partial charge on any atom is 0.249 e. The average Bonchev–Trinajstić information content (AvgIpc) is 2.96. The smallest absolute Gasteiger partial charge is 0.249 e. The van der Waals surface area contributed by atoms with E-state index in [4.69, 9.17) is 5.26 Å². The molecule has 0 spiro atoms. The molecule has 1 N–H and O–H groups in total. The third-order valence-corrected chi connectivity index (χ3v) is 3.47. The van der Waals surface area contributed by atoms with Gasteiger partial charge in [0, 0.05) is 11.9 Å².